The summed E-state index contributed by atoms with van der Waals surface area (Å²) >= 11 is 2.49. The third-order valence-corrected chi connectivity index (χ3v) is 5.63. The van der Waals surface area contributed by atoms with Crippen LogP contribution in [0.25, 0.3) is 0 Å². The Bertz CT molecular complexity index is 800. The number of nitrogens with zero attached hydrogens (tertiary/aromatic N) is 5. The van der Waals surface area contributed by atoms with E-state index in [1.165, 1.54) is 46.7 Å². The minimum atomic E-state index is -1.64. The van der Waals surface area contributed by atoms with Crippen LogP contribution in [-0.2, 0) is 12.1 Å². The molecule has 0 fully saturated rings. The minimum Gasteiger partial charge on any atom is -0.382 e. The molecule has 3 rings (SSSR count). The number of hydrogen-bond donors (Lipinski definition) is 1. The Kier molecular flexibility index (Phi) is 4.88. The summed E-state index contributed by atoms with van der Waals surface area (Å²) in [5, 5.41) is 18.5. The fraction of sp³-hybridized carbons (Fsp3) is 0.286. The second-order valence-corrected chi connectivity index (χ2v) is 7.56. The van der Waals surface area contributed by atoms with Crippen molar-refractivity contribution in [2.75, 3.05) is 0 Å². The van der Waals surface area contributed by atoms with Crippen LogP contribution in [0.5, 0.6) is 0 Å². The molecule has 0 spiro atoms. The fourth-order valence-corrected chi connectivity index (χ4v) is 4.14. The Labute approximate surface area is 144 Å². The van der Waals surface area contributed by atoms with Crippen LogP contribution in [0.4, 0.5) is 8.78 Å². The van der Waals surface area contributed by atoms with Crippen LogP contribution < -0.4 is 0 Å². The van der Waals surface area contributed by atoms with Crippen molar-refractivity contribution in [1.29, 1.82) is 0 Å². The molecule has 3 aromatic rings. The van der Waals surface area contributed by atoms with Crippen LogP contribution in [0.2, 0.25) is 0 Å². The van der Waals surface area contributed by atoms with Gasteiger partial charge in [0.15, 0.2) is 0 Å². The van der Waals surface area contributed by atoms with E-state index in [0.29, 0.717) is 0 Å². The first-order chi connectivity index (χ1) is 11.5. The van der Waals surface area contributed by atoms with Crippen LogP contribution in [0.3, 0.4) is 0 Å². The van der Waals surface area contributed by atoms with Gasteiger partial charge < -0.3 is 5.11 Å². The number of rotatable bonds is 6. The van der Waals surface area contributed by atoms with E-state index in [1.807, 2.05) is 0 Å². The molecule has 0 aliphatic rings. The summed E-state index contributed by atoms with van der Waals surface area (Å²) in [5.74, 6) is -1.51. The Balaban J connectivity index is 1.99. The highest BCUT2D eigenvalue weighted by molar-refractivity contribution is 8.01. The first-order valence-corrected chi connectivity index (χ1v) is 8.58. The molecule has 6 nitrogen and oxygen atoms in total. The lowest BCUT2D eigenvalue weighted by Crippen LogP contribution is -2.41. The summed E-state index contributed by atoms with van der Waals surface area (Å²) in [5.41, 5.74) is -1.64. The summed E-state index contributed by atoms with van der Waals surface area (Å²) in [6, 6.07) is 3.13. The molecular formula is C14H13F2N5OS2. The zero-order chi connectivity index (χ0) is 17.2. The molecule has 2 heterocycles. The predicted octanol–water partition coefficient (Wildman–Crippen LogP) is 2.48. The highest BCUT2D eigenvalue weighted by Gasteiger charge is 2.40. The van der Waals surface area contributed by atoms with E-state index in [1.54, 1.807) is 13.1 Å². The molecule has 0 bridgehead atoms. The van der Waals surface area contributed by atoms with Gasteiger partial charge in [0.25, 0.3) is 0 Å². The van der Waals surface area contributed by atoms with Crippen molar-refractivity contribution in [1.82, 2.24) is 24.4 Å². The normalized spacial score (nSPS) is 15.2. The van der Waals surface area contributed by atoms with Crippen molar-refractivity contribution in [3.63, 3.8) is 0 Å². The van der Waals surface area contributed by atoms with Gasteiger partial charge in [-0.05, 0) is 24.5 Å². The van der Waals surface area contributed by atoms with Gasteiger partial charge >= 0.3 is 0 Å². The average molecular weight is 369 g/mol. The summed E-state index contributed by atoms with van der Waals surface area (Å²) < 4.78 is 33.5. The molecule has 0 aliphatic heterocycles. The van der Waals surface area contributed by atoms with Crippen molar-refractivity contribution in [3.05, 3.63) is 54.2 Å². The summed E-state index contributed by atoms with van der Waals surface area (Å²) in [6.45, 7) is 1.72. The number of hydrogen-bond acceptors (Lipinski definition) is 7. The second-order valence-electron chi connectivity index (χ2n) is 5.14. The van der Waals surface area contributed by atoms with Crippen molar-refractivity contribution in [2.45, 2.75) is 28.5 Å². The SMILES string of the molecule is CC(Sc1cnns1)C(O)(Cn1cncn1)c1ccc(F)cc1F. The minimum absolute atomic E-state index is 0.00289. The van der Waals surface area contributed by atoms with Crippen LogP contribution >= 0.6 is 23.3 Å². The molecule has 0 radical (unpaired) electrons. The molecule has 10 heteroatoms. The predicted molar refractivity (Wildman–Crippen MR) is 85.5 cm³/mol. The molecule has 2 atom stereocenters. The lowest BCUT2D eigenvalue weighted by Gasteiger charge is -2.34. The molecule has 1 N–H and O–H groups in total. The van der Waals surface area contributed by atoms with E-state index in [9.17, 15) is 13.9 Å². The average Bonchev–Trinajstić information content (AvgIpc) is 3.20. The lowest BCUT2D eigenvalue weighted by molar-refractivity contribution is 0.0133. The van der Waals surface area contributed by atoms with Crippen molar-refractivity contribution in [3.8, 4) is 0 Å². The molecular weight excluding hydrogens is 356 g/mol. The second kappa shape index (κ2) is 6.91. The first-order valence-electron chi connectivity index (χ1n) is 6.93. The number of aromatic nitrogens is 5. The molecule has 0 aliphatic carbocycles. The van der Waals surface area contributed by atoms with Crippen LogP contribution in [0, 0.1) is 11.6 Å². The smallest absolute Gasteiger partial charge is 0.137 e. The third kappa shape index (κ3) is 3.45. The first kappa shape index (κ1) is 16.9. The molecule has 126 valence electrons. The maximum atomic E-state index is 14.3. The monoisotopic (exact) mass is 369 g/mol. The quantitative estimate of drug-likeness (QED) is 0.673. The van der Waals surface area contributed by atoms with Crippen LogP contribution in [0.1, 0.15) is 12.5 Å². The van der Waals surface area contributed by atoms with Crippen molar-refractivity contribution in [2.24, 2.45) is 0 Å². The number of benzene rings is 1. The van der Waals surface area contributed by atoms with Crippen molar-refractivity contribution < 1.29 is 13.9 Å². The number of aliphatic hydroxyl groups is 1. The Morgan fingerprint density at radius 1 is 1.42 bits per heavy atom. The summed E-state index contributed by atoms with van der Waals surface area (Å²) in [4.78, 5) is 3.83. The van der Waals surface area contributed by atoms with Gasteiger partial charge in [-0.15, -0.1) is 16.9 Å². The molecule has 2 unspecified atom stereocenters. The number of thioether (sulfide) groups is 1. The fourth-order valence-electron chi connectivity index (χ4n) is 2.32. The van der Waals surface area contributed by atoms with Crippen LogP contribution in [-0.4, -0.2) is 34.7 Å². The zero-order valence-corrected chi connectivity index (χ0v) is 14.1. The van der Waals surface area contributed by atoms with E-state index in [4.69, 9.17) is 0 Å². The summed E-state index contributed by atoms with van der Waals surface area (Å²) in [6.07, 6.45) is 4.33. The van der Waals surface area contributed by atoms with E-state index in [-0.39, 0.29) is 12.1 Å². The molecule has 24 heavy (non-hydrogen) atoms. The van der Waals surface area contributed by atoms with E-state index >= 15 is 0 Å². The highest BCUT2D eigenvalue weighted by atomic mass is 32.2. The van der Waals surface area contributed by atoms with Crippen molar-refractivity contribution >= 4 is 23.3 Å². The molecule has 0 saturated heterocycles. The van der Waals surface area contributed by atoms with E-state index in [2.05, 4.69) is 19.7 Å². The lowest BCUT2D eigenvalue weighted by atomic mass is 9.90. The molecule has 0 saturated carbocycles. The maximum Gasteiger partial charge on any atom is 0.137 e. The molecule has 2 aromatic heterocycles. The van der Waals surface area contributed by atoms with Gasteiger partial charge in [-0.1, -0.05) is 10.6 Å². The molecule has 1 aromatic carbocycles. The van der Waals surface area contributed by atoms with Gasteiger partial charge in [0.1, 0.15) is 34.1 Å². The number of halogens is 2. The third-order valence-electron chi connectivity index (χ3n) is 3.57. The van der Waals surface area contributed by atoms with Gasteiger partial charge in [-0.25, -0.2) is 18.4 Å². The zero-order valence-electron chi connectivity index (χ0n) is 12.5. The highest BCUT2D eigenvalue weighted by Crippen LogP contribution is 2.39. The van der Waals surface area contributed by atoms with Gasteiger partial charge in [0.05, 0.1) is 12.7 Å². The topological polar surface area (TPSA) is 76.7 Å². The Morgan fingerprint density at radius 2 is 2.25 bits per heavy atom. The van der Waals surface area contributed by atoms with Gasteiger partial charge in [-0.2, -0.15) is 5.10 Å². The van der Waals surface area contributed by atoms with Crippen LogP contribution in [0.15, 0.2) is 41.3 Å². The van der Waals surface area contributed by atoms with Gasteiger partial charge in [0.2, 0.25) is 0 Å². The summed E-state index contributed by atoms with van der Waals surface area (Å²) in [7, 11) is 0. The molecule has 0 amide bonds. The van der Waals surface area contributed by atoms with Gasteiger partial charge in [0, 0.05) is 16.9 Å². The maximum absolute atomic E-state index is 14.3. The standard InChI is InChI=1S/C14H13F2N5OS2/c1-9(23-13-5-18-20-24-13)14(22,6-21-8-17-7-19-21)11-3-2-10(15)4-12(11)16/h2-5,7-9,22H,6H2,1H3. The van der Waals surface area contributed by atoms with Gasteiger partial charge in [-0.3, -0.25) is 0 Å². The Hall–Kier alpha value is -1.91. The largest absolute Gasteiger partial charge is 0.382 e. The van der Waals surface area contributed by atoms with E-state index < -0.39 is 22.5 Å². The van der Waals surface area contributed by atoms with E-state index in [0.717, 1.165) is 16.3 Å². The Morgan fingerprint density at radius 3 is 2.88 bits per heavy atom.